The summed E-state index contributed by atoms with van der Waals surface area (Å²) in [5.74, 6) is 4.09. The third-order valence-corrected chi connectivity index (χ3v) is 3.91. The molecular formula is C18H40Zr. The monoisotopic (exact) mass is 346 g/mol. The molecule has 0 aliphatic heterocycles. The van der Waals surface area contributed by atoms with E-state index in [1.165, 1.54) is 38.5 Å². The van der Waals surface area contributed by atoms with Crippen molar-refractivity contribution >= 4 is 0 Å². The molecule has 0 nitrogen and oxygen atoms in total. The first kappa shape index (κ1) is 32.0. The van der Waals surface area contributed by atoms with Crippen molar-refractivity contribution in [3.63, 3.8) is 0 Å². The minimum Gasteiger partial charge on any atom is -0.358 e. The minimum atomic E-state index is 0. The van der Waals surface area contributed by atoms with Gasteiger partial charge in [-0.3, -0.25) is 0 Å². The van der Waals surface area contributed by atoms with E-state index in [1.807, 2.05) is 0 Å². The van der Waals surface area contributed by atoms with Crippen LogP contribution in [0.15, 0.2) is 0 Å². The first-order valence-corrected chi connectivity index (χ1v) is 6.58. The van der Waals surface area contributed by atoms with Crippen molar-refractivity contribution in [2.75, 3.05) is 0 Å². The van der Waals surface area contributed by atoms with Crippen molar-refractivity contribution in [2.24, 2.45) is 23.7 Å². The molecule has 0 N–H and O–H groups in total. The average Bonchev–Trinajstić information content (AvgIpc) is 2.63. The molecule has 19 heavy (non-hydrogen) atoms. The van der Waals surface area contributed by atoms with Crippen molar-refractivity contribution in [1.29, 1.82) is 0 Å². The van der Waals surface area contributed by atoms with E-state index in [-0.39, 0.29) is 55.9 Å². The van der Waals surface area contributed by atoms with Crippen molar-refractivity contribution in [2.45, 2.75) is 66.2 Å². The standard InChI is InChI=1S/2C7H14.4CH3.Zr/c2*1-6-3-4-7(2)5-6;;;;;/h2*6-7H,3-5H2,1-2H3;4*1H3;/q;;4*-1;+4. The van der Waals surface area contributed by atoms with Crippen LogP contribution in [0.25, 0.3) is 0 Å². The molecule has 0 radical (unpaired) electrons. The van der Waals surface area contributed by atoms with Crippen LogP contribution in [0, 0.1) is 53.4 Å². The average molecular weight is 348 g/mol. The molecule has 0 bridgehead atoms. The van der Waals surface area contributed by atoms with Crippen molar-refractivity contribution in [3.05, 3.63) is 29.7 Å². The Morgan fingerprint density at radius 2 is 0.632 bits per heavy atom. The quantitative estimate of drug-likeness (QED) is 0.428. The molecule has 2 saturated carbocycles. The second-order valence-corrected chi connectivity index (χ2v) is 6.05. The molecule has 0 aromatic rings. The van der Waals surface area contributed by atoms with Crippen LogP contribution in [0.3, 0.4) is 0 Å². The van der Waals surface area contributed by atoms with E-state index in [0.717, 1.165) is 23.7 Å². The van der Waals surface area contributed by atoms with Gasteiger partial charge in [0.15, 0.2) is 0 Å². The predicted octanol–water partition coefficient (Wildman–Crippen LogP) is 6.68. The minimum absolute atomic E-state index is 0. The summed E-state index contributed by atoms with van der Waals surface area (Å²) in [6.07, 6.45) is 8.84. The fourth-order valence-electron chi connectivity index (χ4n) is 2.98. The Morgan fingerprint density at radius 1 is 0.474 bits per heavy atom. The molecule has 0 aromatic carbocycles. The van der Waals surface area contributed by atoms with Gasteiger partial charge >= 0.3 is 26.2 Å². The zero-order valence-electron chi connectivity index (χ0n) is 15.1. The second-order valence-electron chi connectivity index (χ2n) is 6.05. The van der Waals surface area contributed by atoms with E-state index in [1.54, 1.807) is 0 Å². The molecule has 0 aromatic heterocycles. The van der Waals surface area contributed by atoms with Crippen LogP contribution < -0.4 is 0 Å². The maximum absolute atomic E-state index is 2.35. The Bertz CT molecular complexity index is 122. The van der Waals surface area contributed by atoms with Gasteiger partial charge in [-0.1, -0.05) is 53.4 Å². The summed E-state index contributed by atoms with van der Waals surface area (Å²) in [6.45, 7) is 9.40. The van der Waals surface area contributed by atoms with E-state index in [2.05, 4.69) is 27.7 Å². The fraction of sp³-hybridized carbons (Fsp3) is 0.778. The molecule has 1 heteroatoms. The molecule has 0 amide bonds. The van der Waals surface area contributed by atoms with Crippen LogP contribution in [0.2, 0.25) is 0 Å². The van der Waals surface area contributed by atoms with Gasteiger partial charge in [-0.25, -0.2) is 0 Å². The van der Waals surface area contributed by atoms with Gasteiger partial charge in [0.25, 0.3) is 0 Å². The molecule has 0 saturated heterocycles. The molecule has 2 rings (SSSR count). The molecule has 0 heterocycles. The Morgan fingerprint density at radius 3 is 0.684 bits per heavy atom. The van der Waals surface area contributed by atoms with Crippen LogP contribution >= 0.6 is 0 Å². The molecule has 4 atom stereocenters. The number of rotatable bonds is 0. The topological polar surface area (TPSA) is 0 Å². The Labute approximate surface area is 145 Å². The molecule has 2 aliphatic carbocycles. The molecule has 2 fully saturated rings. The van der Waals surface area contributed by atoms with E-state index < -0.39 is 0 Å². The summed E-state index contributed by atoms with van der Waals surface area (Å²) >= 11 is 0. The van der Waals surface area contributed by atoms with E-state index in [9.17, 15) is 0 Å². The third kappa shape index (κ3) is 15.1. The zero-order valence-corrected chi connectivity index (χ0v) is 17.5. The van der Waals surface area contributed by atoms with Gasteiger partial charge in [-0.05, 0) is 36.5 Å². The van der Waals surface area contributed by atoms with E-state index in [4.69, 9.17) is 0 Å². The van der Waals surface area contributed by atoms with Crippen LogP contribution in [-0.4, -0.2) is 0 Å². The zero-order chi connectivity index (χ0) is 10.6. The maximum atomic E-state index is 2.35. The van der Waals surface area contributed by atoms with Crippen molar-refractivity contribution < 1.29 is 26.2 Å². The van der Waals surface area contributed by atoms with Gasteiger partial charge in [-0.15, -0.1) is 0 Å². The number of hydrogen-bond donors (Lipinski definition) is 0. The summed E-state index contributed by atoms with van der Waals surface area (Å²) in [5.41, 5.74) is 0. The SMILES string of the molecule is CC1CCC(C)C1.CC1CCC(C)C1.[CH3-].[CH3-].[CH3-].[CH3-].[Zr+4]. The second kappa shape index (κ2) is 16.9. The van der Waals surface area contributed by atoms with Crippen LogP contribution in [0.5, 0.6) is 0 Å². The van der Waals surface area contributed by atoms with E-state index >= 15 is 0 Å². The van der Waals surface area contributed by atoms with Crippen LogP contribution in [0.1, 0.15) is 66.2 Å². The molecule has 0 spiro atoms. The normalized spacial score (nSPS) is 30.9. The number of hydrogen-bond acceptors (Lipinski definition) is 0. The summed E-state index contributed by atoms with van der Waals surface area (Å²) in [7, 11) is 0. The first-order valence-electron chi connectivity index (χ1n) is 6.58. The van der Waals surface area contributed by atoms with Gasteiger partial charge in [0.2, 0.25) is 0 Å². The Kier molecular flexibility index (Phi) is 28.5. The van der Waals surface area contributed by atoms with Gasteiger partial charge in [0.1, 0.15) is 0 Å². The van der Waals surface area contributed by atoms with Gasteiger partial charge in [0.05, 0.1) is 0 Å². The Balaban J connectivity index is -0.0000000544. The summed E-state index contributed by atoms with van der Waals surface area (Å²) < 4.78 is 0. The summed E-state index contributed by atoms with van der Waals surface area (Å²) in [4.78, 5) is 0. The largest absolute Gasteiger partial charge is 4.00 e. The van der Waals surface area contributed by atoms with Crippen LogP contribution in [0.4, 0.5) is 0 Å². The van der Waals surface area contributed by atoms with Gasteiger partial charge in [0, 0.05) is 0 Å². The first-order chi connectivity index (χ1) is 6.58. The predicted molar refractivity (Wildman–Crippen MR) is 90.0 cm³/mol. The molecule has 116 valence electrons. The van der Waals surface area contributed by atoms with E-state index in [0.29, 0.717) is 0 Å². The Hall–Kier alpha value is 0.883. The molecular weight excluding hydrogens is 307 g/mol. The van der Waals surface area contributed by atoms with Crippen molar-refractivity contribution in [3.8, 4) is 0 Å². The summed E-state index contributed by atoms with van der Waals surface area (Å²) in [6, 6.07) is 0. The molecule has 4 unspecified atom stereocenters. The third-order valence-electron chi connectivity index (χ3n) is 3.91. The fourth-order valence-corrected chi connectivity index (χ4v) is 2.98. The van der Waals surface area contributed by atoms with Crippen LogP contribution in [-0.2, 0) is 26.2 Å². The van der Waals surface area contributed by atoms with Crippen molar-refractivity contribution in [1.82, 2.24) is 0 Å². The van der Waals surface area contributed by atoms with Gasteiger partial charge in [-0.2, -0.15) is 0 Å². The maximum Gasteiger partial charge on any atom is 4.00 e. The summed E-state index contributed by atoms with van der Waals surface area (Å²) in [5, 5.41) is 0. The van der Waals surface area contributed by atoms with Gasteiger partial charge < -0.3 is 29.7 Å². The smallest absolute Gasteiger partial charge is 0.358 e. The molecule has 2 aliphatic rings.